The summed E-state index contributed by atoms with van der Waals surface area (Å²) in [5.41, 5.74) is 0.787. The Kier molecular flexibility index (Phi) is 7.78. The molecule has 0 bridgehead atoms. The van der Waals surface area contributed by atoms with Crippen LogP contribution in [-0.2, 0) is 18.5 Å². The Balaban J connectivity index is 2.00. The number of esters is 1. The van der Waals surface area contributed by atoms with Crippen molar-refractivity contribution in [3.8, 4) is 0 Å². The number of hydrogen-bond acceptors (Lipinski definition) is 5. The van der Waals surface area contributed by atoms with Gasteiger partial charge in [0.25, 0.3) is 0 Å². The van der Waals surface area contributed by atoms with Gasteiger partial charge in [-0.1, -0.05) is 17.7 Å². The summed E-state index contributed by atoms with van der Waals surface area (Å²) in [5.74, 6) is -0.238. The lowest BCUT2D eigenvalue weighted by Gasteiger charge is -2.19. The highest BCUT2D eigenvalue weighted by Crippen LogP contribution is 2.18. The lowest BCUT2D eigenvalue weighted by Crippen LogP contribution is -2.24. The molecule has 0 radical (unpaired) electrons. The molecule has 1 aromatic carbocycles. The van der Waals surface area contributed by atoms with E-state index in [0.29, 0.717) is 19.8 Å². The van der Waals surface area contributed by atoms with Crippen molar-refractivity contribution in [2.24, 2.45) is 0 Å². The molecular weight excluding hydrogens is 288 g/mol. The Morgan fingerprint density at radius 2 is 1.76 bits per heavy atom. The molecule has 1 rings (SSSR count). The molecule has 0 atom stereocenters. The van der Waals surface area contributed by atoms with E-state index in [2.05, 4.69) is 0 Å². The first-order valence-electron chi connectivity index (χ1n) is 7.02. The van der Waals surface area contributed by atoms with E-state index in [1.54, 1.807) is 0 Å². The Morgan fingerprint density at radius 3 is 2.38 bits per heavy atom. The molecule has 0 spiro atoms. The fourth-order valence-electron chi connectivity index (χ4n) is 1.45. The van der Waals surface area contributed by atoms with Gasteiger partial charge >= 0.3 is 5.97 Å². The zero-order valence-electron chi connectivity index (χ0n) is 13.2. The van der Waals surface area contributed by atoms with Gasteiger partial charge in [-0.3, -0.25) is 4.79 Å². The number of benzene rings is 1. The minimum atomic E-state index is -0.440. The maximum Gasteiger partial charge on any atom is 0.308 e. The van der Waals surface area contributed by atoms with Crippen LogP contribution in [0.3, 0.4) is 0 Å². The van der Waals surface area contributed by atoms with E-state index in [1.807, 2.05) is 52.0 Å². The summed E-state index contributed by atoms with van der Waals surface area (Å²) in [6.07, 6.45) is 0.266. The highest BCUT2D eigenvalue weighted by molar-refractivity contribution is 7.94. The topological polar surface area (TPSA) is 44.8 Å². The van der Waals surface area contributed by atoms with Crippen LogP contribution in [0.4, 0.5) is 0 Å². The normalized spacial score (nSPS) is 11.4. The predicted octanol–water partition coefficient (Wildman–Crippen LogP) is 3.77. The van der Waals surface area contributed by atoms with Crippen molar-refractivity contribution in [3.63, 3.8) is 0 Å². The molecule has 0 aromatic heterocycles. The molecular formula is C16H24O4S. The lowest BCUT2D eigenvalue weighted by atomic mass is 10.2. The predicted molar refractivity (Wildman–Crippen MR) is 84.3 cm³/mol. The van der Waals surface area contributed by atoms with E-state index >= 15 is 0 Å². The van der Waals surface area contributed by atoms with E-state index in [9.17, 15) is 4.79 Å². The van der Waals surface area contributed by atoms with Crippen LogP contribution in [0.15, 0.2) is 29.2 Å². The van der Waals surface area contributed by atoms with Crippen LogP contribution >= 0.6 is 12.0 Å². The number of aryl methyl sites for hydroxylation is 1. The summed E-state index contributed by atoms with van der Waals surface area (Å²) < 4.78 is 15.9. The van der Waals surface area contributed by atoms with Crippen molar-refractivity contribution in [1.82, 2.24) is 0 Å². The molecule has 0 heterocycles. The highest BCUT2D eigenvalue weighted by Gasteiger charge is 2.15. The minimum absolute atomic E-state index is 0.238. The van der Waals surface area contributed by atoms with Gasteiger partial charge in [0.05, 0.1) is 26.2 Å². The standard InChI is InChI=1S/C16H24O4S/c1-13-5-7-14(8-6-13)21-19-12-11-18-10-9-15(17)20-16(2,3)4/h5-8H,9-12H2,1-4H3. The molecule has 1 aromatic rings. The Bertz CT molecular complexity index is 423. The summed E-state index contributed by atoms with van der Waals surface area (Å²) in [6.45, 7) is 8.89. The maximum atomic E-state index is 11.4. The molecule has 0 aliphatic carbocycles. The summed E-state index contributed by atoms with van der Waals surface area (Å²) in [5, 5.41) is 0. The third-order valence-corrected chi connectivity index (χ3v) is 3.11. The third kappa shape index (κ3) is 9.50. The molecule has 0 fully saturated rings. The number of carbonyl (C=O) groups excluding carboxylic acids is 1. The third-order valence-electron chi connectivity index (χ3n) is 2.36. The van der Waals surface area contributed by atoms with E-state index in [-0.39, 0.29) is 12.4 Å². The van der Waals surface area contributed by atoms with Gasteiger partial charge in [0.1, 0.15) is 5.60 Å². The van der Waals surface area contributed by atoms with Crippen molar-refractivity contribution in [1.29, 1.82) is 0 Å². The molecule has 4 nitrogen and oxygen atoms in total. The second-order valence-corrected chi connectivity index (χ2v) is 6.54. The molecule has 0 saturated heterocycles. The van der Waals surface area contributed by atoms with E-state index in [1.165, 1.54) is 17.6 Å². The average Bonchev–Trinajstić information content (AvgIpc) is 2.37. The van der Waals surface area contributed by atoms with Crippen molar-refractivity contribution in [2.75, 3.05) is 19.8 Å². The Morgan fingerprint density at radius 1 is 1.10 bits per heavy atom. The Hall–Kier alpha value is -1.04. The van der Waals surface area contributed by atoms with Gasteiger partial charge < -0.3 is 13.7 Å². The molecule has 0 aliphatic rings. The van der Waals surface area contributed by atoms with Crippen molar-refractivity contribution in [3.05, 3.63) is 29.8 Å². The van der Waals surface area contributed by atoms with Gasteiger partial charge in [0.15, 0.2) is 0 Å². The fraction of sp³-hybridized carbons (Fsp3) is 0.562. The first-order chi connectivity index (χ1) is 9.87. The average molecular weight is 312 g/mol. The van der Waals surface area contributed by atoms with Crippen LogP contribution in [0.1, 0.15) is 32.8 Å². The van der Waals surface area contributed by atoms with Crippen molar-refractivity contribution in [2.45, 2.75) is 44.6 Å². The Labute approximate surface area is 131 Å². The fourth-order valence-corrected chi connectivity index (χ4v) is 1.98. The molecule has 0 amide bonds. The van der Waals surface area contributed by atoms with E-state index < -0.39 is 5.60 Å². The van der Waals surface area contributed by atoms with Crippen LogP contribution in [0.2, 0.25) is 0 Å². The van der Waals surface area contributed by atoms with Crippen LogP contribution in [0.5, 0.6) is 0 Å². The number of hydrogen-bond donors (Lipinski definition) is 0. The molecule has 118 valence electrons. The smallest absolute Gasteiger partial charge is 0.308 e. The molecule has 0 aliphatic heterocycles. The summed E-state index contributed by atoms with van der Waals surface area (Å²) in [6, 6.07) is 8.12. The second kappa shape index (κ2) is 9.07. The second-order valence-electron chi connectivity index (χ2n) is 5.67. The minimum Gasteiger partial charge on any atom is -0.460 e. The van der Waals surface area contributed by atoms with Crippen molar-refractivity contribution >= 4 is 18.0 Å². The van der Waals surface area contributed by atoms with Crippen molar-refractivity contribution < 1.29 is 18.5 Å². The van der Waals surface area contributed by atoms with Crippen LogP contribution < -0.4 is 0 Å². The number of rotatable bonds is 8. The van der Waals surface area contributed by atoms with Gasteiger partial charge in [-0.2, -0.15) is 0 Å². The molecule has 5 heteroatoms. The number of ether oxygens (including phenoxy) is 2. The summed E-state index contributed by atoms with van der Waals surface area (Å²) in [7, 11) is 0. The first-order valence-corrected chi connectivity index (χ1v) is 7.77. The highest BCUT2D eigenvalue weighted by atomic mass is 32.2. The SMILES string of the molecule is Cc1ccc(SOCCOCCC(=O)OC(C)(C)C)cc1. The molecule has 0 N–H and O–H groups in total. The summed E-state index contributed by atoms with van der Waals surface area (Å²) >= 11 is 1.33. The number of carbonyl (C=O) groups is 1. The van der Waals surface area contributed by atoms with Gasteiger partial charge in [0.2, 0.25) is 0 Å². The first kappa shape index (κ1) is 18.0. The zero-order valence-corrected chi connectivity index (χ0v) is 14.0. The molecule has 0 saturated carbocycles. The van der Waals surface area contributed by atoms with Gasteiger partial charge in [-0.25, -0.2) is 0 Å². The molecule has 0 unspecified atom stereocenters. The van der Waals surface area contributed by atoms with E-state index in [4.69, 9.17) is 13.7 Å². The maximum absolute atomic E-state index is 11.4. The van der Waals surface area contributed by atoms with Crippen LogP contribution in [0, 0.1) is 6.92 Å². The zero-order chi connectivity index (χ0) is 15.7. The lowest BCUT2D eigenvalue weighted by molar-refractivity contribution is -0.156. The van der Waals surface area contributed by atoms with Crippen LogP contribution in [0.25, 0.3) is 0 Å². The van der Waals surface area contributed by atoms with Gasteiger partial charge in [-0.05, 0) is 39.8 Å². The summed E-state index contributed by atoms with van der Waals surface area (Å²) in [4.78, 5) is 12.5. The van der Waals surface area contributed by atoms with Crippen LogP contribution in [-0.4, -0.2) is 31.4 Å². The largest absolute Gasteiger partial charge is 0.460 e. The quantitative estimate of drug-likeness (QED) is 0.415. The monoisotopic (exact) mass is 312 g/mol. The molecule has 21 heavy (non-hydrogen) atoms. The van der Waals surface area contributed by atoms with Gasteiger partial charge in [-0.15, -0.1) is 0 Å². The van der Waals surface area contributed by atoms with Gasteiger partial charge in [0, 0.05) is 16.9 Å². The van der Waals surface area contributed by atoms with E-state index in [0.717, 1.165) is 4.90 Å².